The Balaban J connectivity index is 1.63. The molecule has 4 aliphatic rings. The van der Waals surface area contributed by atoms with Crippen LogP contribution in [0.2, 0.25) is 0 Å². The molecule has 1 unspecified atom stereocenters. The van der Waals surface area contributed by atoms with Gasteiger partial charge in [-0.3, -0.25) is 0 Å². The van der Waals surface area contributed by atoms with Crippen LogP contribution >= 0.6 is 15.9 Å². The van der Waals surface area contributed by atoms with Gasteiger partial charge in [-0.25, -0.2) is 0 Å². The minimum Gasteiger partial charge on any atom is -0.0805 e. The molecule has 1 heteroatoms. The summed E-state index contributed by atoms with van der Waals surface area (Å²) in [6.07, 6.45) is 20.5. The highest BCUT2D eigenvalue weighted by Crippen LogP contribution is 2.49. The summed E-state index contributed by atoms with van der Waals surface area (Å²) in [4.78, 5) is 0. The quantitative estimate of drug-likeness (QED) is 0.529. The molecule has 0 bridgehead atoms. The van der Waals surface area contributed by atoms with E-state index in [0.29, 0.717) is 5.92 Å². The van der Waals surface area contributed by atoms with Crippen molar-refractivity contribution in [3.63, 3.8) is 0 Å². The molecule has 4 aliphatic carbocycles. The summed E-state index contributed by atoms with van der Waals surface area (Å²) in [7, 11) is 0. The van der Waals surface area contributed by atoms with Crippen molar-refractivity contribution in [1.82, 2.24) is 0 Å². The Morgan fingerprint density at radius 2 is 2.05 bits per heavy atom. The highest BCUT2D eigenvalue weighted by molar-refractivity contribution is 9.12. The van der Waals surface area contributed by atoms with E-state index in [-0.39, 0.29) is 0 Å². The fourth-order valence-corrected chi connectivity index (χ4v) is 5.09. The van der Waals surface area contributed by atoms with Gasteiger partial charge in [0.05, 0.1) is 0 Å². The molecule has 1 atom stereocenters. The monoisotopic (exact) mass is 354 g/mol. The number of rotatable bonds is 3. The molecule has 0 amide bonds. The highest BCUT2D eigenvalue weighted by Gasteiger charge is 2.32. The summed E-state index contributed by atoms with van der Waals surface area (Å²) >= 11 is 3.86. The average Bonchev–Trinajstić information content (AvgIpc) is 3.14. The Morgan fingerprint density at radius 3 is 2.86 bits per heavy atom. The molecule has 0 saturated heterocycles. The van der Waals surface area contributed by atoms with Gasteiger partial charge in [0.15, 0.2) is 0 Å². The van der Waals surface area contributed by atoms with Gasteiger partial charge < -0.3 is 0 Å². The lowest BCUT2D eigenvalue weighted by Gasteiger charge is -2.29. The first-order valence-corrected chi connectivity index (χ1v) is 9.39. The van der Waals surface area contributed by atoms with E-state index in [0.717, 1.165) is 6.42 Å². The van der Waals surface area contributed by atoms with Crippen LogP contribution in [0.25, 0.3) is 0 Å². The summed E-state index contributed by atoms with van der Waals surface area (Å²) in [6.45, 7) is 2.31. The van der Waals surface area contributed by atoms with E-state index in [1.807, 2.05) is 0 Å². The standard InChI is InChI=1S/C21H23Br/c1-14-12-19-17-8-4-5-9-18(17)21(22)13-20(19)16(14)11-10-15-6-2-3-7-15/h2-3,6,12-13,19H,4-5,7-11H2,1H3. The van der Waals surface area contributed by atoms with Crippen molar-refractivity contribution in [3.8, 4) is 0 Å². The molecule has 0 saturated carbocycles. The van der Waals surface area contributed by atoms with E-state index in [1.54, 1.807) is 27.9 Å². The molecule has 0 aliphatic heterocycles. The minimum absolute atomic E-state index is 0.585. The zero-order valence-corrected chi connectivity index (χ0v) is 14.9. The van der Waals surface area contributed by atoms with Gasteiger partial charge in [0.2, 0.25) is 0 Å². The van der Waals surface area contributed by atoms with Crippen LogP contribution in [-0.4, -0.2) is 0 Å². The van der Waals surface area contributed by atoms with Crippen molar-refractivity contribution in [1.29, 1.82) is 0 Å². The first kappa shape index (κ1) is 14.5. The highest BCUT2D eigenvalue weighted by atomic mass is 79.9. The first-order chi connectivity index (χ1) is 10.7. The largest absolute Gasteiger partial charge is 0.0805 e. The summed E-state index contributed by atoms with van der Waals surface area (Å²) in [6, 6.07) is 0. The third-order valence-corrected chi connectivity index (χ3v) is 6.28. The predicted molar refractivity (Wildman–Crippen MR) is 97.9 cm³/mol. The number of fused-ring (bicyclic) bond motifs is 2. The van der Waals surface area contributed by atoms with Crippen molar-refractivity contribution >= 4 is 15.9 Å². The molecule has 0 fully saturated rings. The van der Waals surface area contributed by atoms with Crippen LogP contribution in [0.1, 0.15) is 51.9 Å². The molecular formula is C21H23Br. The summed E-state index contributed by atoms with van der Waals surface area (Å²) in [5.41, 5.74) is 9.59. The molecule has 0 aromatic rings. The number of allylic oxidation sites excluding steroid dienone is 12. The molecule has 0 heterocycles. The van der Waals surface area contributed by atoms with Gasteiger partial charge in [0, 0.05) is 10.4 Å². The third kappa shape index (κ3) is 2.44. The van der Waals surface area contributed by atoms with Crippen LogP contribution in [0.4, 0.5) is 0 Å². The lowest BCUT2D eigenvalue weighted by Crippen LogP contribution is -2.14. The van der Waals surface area contributed by atoms with E-state index >= 15 is 0 Å². The number of halogens is 1. The predicted octanol–water partition coefficient (Wildman–Crippen LogP) is 6.69. The summed E-state index contributed by atoms with van der Waals surface area (Å²) in [5, 5.41) is 0. The molecule has 0 aromatic heterocycles. The van der Waals surface area contributed by atoms with Gasteiger partial charge in [-0.2, -0.15) is 0 Å². The van der Waals surface area contributed by atoms with Crippen molar-refractivity contribution in [3.05, 3.63) is 68.3 Å². The van der Waals surface area contributed by atoms with E-state index in [9.17, 15) is 0 Å². The smallest absolute Gasteiger partial charge is 0.0243 e. The van der Waals surface area contributed by atoms with Crippen LogP contribution in [0.3, 0.4) is 0 Å². The molecular weight excluding hydrogens is 332 g/mol. The van der Waals surface area contributed by atoms with Crippen molar-refractivity contribution in [2.75, 3.05) is 0 Å². The molecule has 0 nitrogen and oxygen atoms in total. The van der Waals surface area contributed by atoms with E-state index in [4.69, 9.17) is 0 Å². The van der Waals surface area contributed by atoms with Crippen molar-refractivity contribution in [2.45, 2.75) is 51.9 Å². The Kier molecular flexibility index (Phi) is 3.86. The van der Waals surface area contributed by atoms with Gasteiger partial charge >= 0.3 is 0 Å². The SMILES string of the molecule is CC1=CC2C(=C1CCC1=CC=CC1)C=C(Br)C1=C2CCCC1. The second kappa shape index (κ2) is 5.85. The maximum Gasteiger partial charge on any atom is 0.0243 e. The zero-order chi connectivity index (χ0) is 15.1. The van der Waals surface area contributed by atoms with E-state index in [1.165, 1.54) is 48.6 Å². The normalized spacial score (nSPS) is 26.8. The van der Waals surface area contributed by atoms with Crippen LogP contribution in [-0.2, 0) is 0 Å². The zero-order valence-electron chi connectivity index (χ0n) is 13.3. The first-order valence-electron chi connectivity index (χ1n) is 8.60. The lowest BCUT2D eigenvalue weighted by atomic mass is 9.77. The summed E-state index contributed by atoms with van der Waals surface area (Å²) in [5.74, 6) is 0.585. The van der Waals surface area contributed by atoms with Gasteiger partial charge in [-0.05, 0) is 74.7 Å². The van der Waals surface area contributed by atoms with E-state index in [2.05, 4.69) is 53.2 Å². The molecule has 0 aromatic carbocycles. The van der Waals surface area contributed by atoms with Crippen molar-refractivity contribution in [2.24, 2.45) is 5.92 Å². The summed E-state index contributed by atoms with van der Waals surface area (Å²) < 4.78 is 1.36. The maximum absolute atomic E-state index is 3.86. The fraction of sp³-hybridized carbons (Fsp3) is 0.429. The van der Waals surface area contributed by atoms with Crippen LogP contribution in [0.5, 0.6) is 0 Å². The van der Waals surface area contributed by atoms with Crippen LogP contribution in [0, 0.1) is 5.92 Å². The van der Waals surface area contributed by atoms with E-state index < -0.39 is 0 Å². The van der Waals surface area contributed by atoms with Gasteiger partial charge in [-0.15, -0.1) is 0 Å². The molecule has 0 N–H and O–H groups in total. The third-order valence-electron chi connectivity index (χ3n) is 5.58. The average molecular weight is 355 g/mol. The second-order valence-corrected chi connectivity index (χ2v) is 7.78. The second-order valence-electron chi connectivity index (χ2n) is 6.92. The Hall–Kier alpha value is -1.08. The Labute approximate surface area is 142 Å². The number of hydrogen-bond donors (Lipinski definition) is 0. The maximum atomic E-state index is 3.86. The lowest BCUT2D eigenvalue weighted by molar-refractivity contribution is 0.636. The molecule has 114 valence electrons. The molecule has 22 heavy (non-hydrogen) atoms. The molecule has 0 spiro atoms. The van der Waals surface area contributed by atoms with Crippen LogP contribution < -0.4 is 0 Å². The minimum atomic E-state index is 0.585. The fourth-order valence-electron chi connectivity index (χ4n) is 4.39. The molecule has 0 radical (unpaired) electrons. The van der Waals surface area contributed by atoms with Crippen molar-refractivity contribution < 1.29 is 0 Å². The Bertz CT molecular complexity index is 691. The van der Waals surface area contributed by atoms with Crippen LogP contribution in [0.15, 0.2) is 68.3 Å². The molecule has 4 rings (SSSR count). The van der Waals surface area contributed by atoms with Gasteiger partial charge in [-0.1, -0.05) is 57.0 Å². The Morgan fingerprint density at radius 1 is 1.18 bits per heavy atom. The van der Waals surface area contributed by atoms with Gasteiger partial charge in [0.1, 0.15) is 0 Å². The van der Waals surface area contributed by atoms with Gasteiger partial charge in [0.25, 0.3) is 0 Å². The number of hydrogen-bond acceptors (Lipinski definition) is 0. The topological polar surface area (TPSA) is 0 Å².